The minimum absolute atomic E-state index is 0.272. The number of carbonyl (C=O) groups is 1. The minimum atomic E-state index is -1.06. The summed E-state index contributed by atoms with van der Waals surface area (Å²) in [7, 11) is 0. The van der Waals surface area contributed by atoms with Crippen molar-refractivity contribution in [1.29, 1.82) is 0 Å². The molecule has 19 heavy (non-hydrogen) atoms. The number of rotatable bonds is 3. The SMILES string of the molecule is Cc1c(Br)cccc1C(O)NC(=O)c1ccccn1. The van der Waals surface area contributed by atoms with Gasteiger partial charge in [0.25, 0.3) is 5.91 Å². The van der Waals surface area contributed by atoms with Crippen molar-refractivity contribution in [3.8, 4) is 0 Å². The van der Waals surface area contributed by atoms with Crippen molar-refractivity contribution >= 4 is 21.8 Å². The van der Waals surface area contributed by atoms with E-state index in [-0.39, 0.29) is 5.69 Å². The highest BCUT2D eigenvalue weighted by molar-refractivity contribution is 9.10. The molecule has 1 aromatic heterocycles. The summed E-state index contributed by atoms with van der Waals surface area (Å²) in [6.07, 6.45) is 0.470. The molecule has 2 aromatic rings. The number of hydrogen-bond acceptors (Lipinski definition) is 3. The summed E-state index contributed by atoms with van der Waals surface area (Å²) in [5.74, 6) is -0.410. The van der Waals surface area contributed by atoms with Gasteiger partial charge in [0.1, 0.15) is 5.69 Å². The average Bonchev–Trinajstić information content (AvgIpc) is 2.42. The van der Waals surface area contributed by atoms with E-state index in [0.717, 1.165) is 10.0 Å². The van der Waals surface area contributed by atoms with Crippen molar-refractivity contribution in [2.24, 2.45) is 0 Å². The molecule has 2 rings (SSSR count). The van der Waals surface area contributed by atoms with E-state index in [0.29, 0.717) is 5.56 Å². The molecule has 1 aromatic carbocycles. The predicted molar refractivity (Wildman–Crippen MR) is 75.5 cm³/mol. The first-order valence-corrected chi connectivity index (χ1v) is 6.54. The number of aliphatic hydroxyl groups excluding tert-OH is 1. The van der Waals surface area contributed by atoms with Crippen molar-refractivity contribution in [2.45, 2.75) is 13.2 Å². The molecule has 98 valence electrons. The van der Waals surface area contributed by atoms with E-state index in [2.05, 4.69) is 26.2 Å². The second-order valence-electron chi connectivity index (χ2n) is 4.05. The molecule has 1 amide bonds. The van der Waals surface area contributed by atoms with Crippen molar-refractivity contribution in [1.82, 2.24) is 10.3 Å². The fourth-order valence-corrected chi connectivity index (χ4v) is 2.07. The first-order valence-electron chi connectivity index (χ1n) is 5.74. The van der Waals surface area contributed by atoms with Gasteiger partial charge in [-0.15, -0.1) is 0 Å². The molecule has 0 aliphatic carbocycles. The molecule has 1 heterocycles. The second kappa shape index (κ2) is 5.95. The molecule has 0 spiro atoms. The first-order chi connectivity index (χ1) is 9.09. The Labute approximate surface area is 119 Å². The van der Waals surface area contributed by atoms with Crippen LogP contribution in [0.25, 0.3) is 0 Å². The number of hydrogen-bond donors (Lipinski definition) is 2. The van der Waals surface area contributed by atoms with E-state index in [1.807, 2.05) is 19.1 Å². The minimum Gasteiger partial charge on any atom is -0.369 e. The number of nitrogens with zero attached hydrogens (tertiary/aromatic N) is 1. The molecule has 0 saturated carbocycles. The summed E-state index contributed by atoms with van der Waals surface area (Å²) in [4.78, 5) is 15.8. The first kappa shape index (κ1) is 13.7. The maximum absolute atomic E-state index is 11.9. The molecular formula is C14H13BrN2O2. The lowest BCUT2D eigenvalue weighted by atomic mass is 10.1. The van der Waals surface area contributed by atoms with Crippen LogP contribution in [0.3, 0.4) is 0 Å². The lowest BCUT2D eigenvalue weighted by Crippen LogP contribution is -2.29. The Balaban J connectivity index is 2.15. The van der Waals surface area contributed by atoms with Crippen LogP contribution >= 0.6 is 15.9 Å². The Morgan fingerprint density at radius 2 is 2.11 bits per heavy atom. The second-order valence-corrected chi connectivity index (χ2v) is 4.90. The van der Waals surface area contributed by atoms with Gasteiger partial charge >= 0.3 is 0 Å². The van der Waals surface area contributed by atoms with E-state index in [1.165, 1.54) is 6.20 Å². The third-order valence-electron chi connectivity index (χ3n) is 2.77. The zero-order valence-electron chi connectivity index (χ0n) is 10.3. The third-order valence-corrected chi connectivity index (χ3v) is 3.63. The largest absolute Gasteiger partial charge is 0.369 e. The normalized spacial score (nSPS) is 11.9. The number of nitrogens with one attached hydrogen (secondary N) is 1. The summed E-state index contributed by atoms with van der Waals surface area (Å²) >= 11 is 3.39. The fourth-order valence-electron chi connectivity index (χ4n) is 1.69. The summed E-state index contributed by atoms with van der Waals surface area (Å²) in [6.45, 7) is 1.87. The third kappa shape index (κ3) is 3.19. The van der Waals surface area contributed by atoms with E-state index < -0.39 is 12.1 Å². The lowest BCUT2D eigenvalue weighted by molar-refractivity contribution is 0.0777. The molecule has 2 N–H and O–H groups in total. The molecule has 0 radical (unpaired) electrons. The van der Waals surface area contributed by atoms with Gasteiger partial charge in [0.2, 0.25) is 0 Å². The molecular weight excluding hydrogens is 308 g/mol. The maximum atomic E-state index is 11.9. The zero-order chi connectivity index (χ0) is 13.8. The van der Waals surface area contributed by atoms with Gasteiger partial charge in [-0.3, -0.25) is 9.78 Å². The van der Waals surface area contributed by atoms with Gasteiger partial charge in [-0.25, -0.2) is 0 Å². The average molecular weight is 321 g/mol. The van der Waals surface area contributed by atoms with Crippen LogP contribution in [0, 0.1) is 6.92 Å². The van der Waals surface area contributed by atoms with E-state index in [1.54, 1.807) is 24.3 Å². The van der Waals surface area contributed by atoms with Crippen LogP contribution < -0.4 is 5.32 Å². The van der Waals surface area contributed by atoms with Crippen LogP contribution in [0.5, 0.6) is 0 Å². The van der Waals surface area contributed by atoms with Crippen molar-refractivity contribution in [3.05, 3.63) is 63.9 Å². The van der Waals surface area contributed by atoms with Crippen LogP contribution in [0.1, 0.15) is 27.8 Å². The van der Waals surface area contributed by atoms with Crippen LogP contribution in [-0.2, 0) is 0 Å². The Kier molecular flexibility index (Phi) is 4.29. The lowest BCUT2D eigenvalue weighted by Gasteiger charge is -2.16. The van der Waals surface area contributed by atoms with Crippen LogP contribution in [-0.4, -0.2) is 16.0 Å². The number of carbonyl (C=O) groups excluding carboxylic acids is 1. The molecule has 1 unspecified atom stereocenters. The van der Waals surface area contributed by atoms with Gasteiger partial charge in [0.05, 0.1) is 0 Å². The Bertz CT molecular complexity index is 587. The highest BCUT2D eigenvalue weighted by Crippen LogP contribution is 2.23. The topological polar surface area (TPSA) is 62.2 Å². The highest BCUT2D eigenvalue weighted by atomic mass is 79.9. The number of pyridine rings is 1. The van der Waals surface area contributed by atoms with Crippen molar-refractivity contribution < 1.29 is 9.90 Å². The number of halogens is 1. The molecule has 5 heteroatoms. The number of aliphatic hydroxyl groups is 1. The summed E-state index contributed by atoms with van der Waals surface area (Å²) in [5, 5.41) is 12.6. The molecule has 1 atom stereocenters. The number of amides is 1. The van der Waals surface area contributed by atoms with Crippen molar-refractivity contribution in [2.75, 3.05) is 0 Å². The van der Waals surface area contributed by atoms with Gasteiger partial charge in [0, 0.05) is 16.2 Å². The van der Waals surface area contributed by atoms with Gasteiger partial charge in [-0.2, -0.15) is 0 Å². The number of aromatic nitrogens is 1. The molecule has 4 nitrogen and oxygen atoms in total. The monoisotopic (exact) mass is 320 g/mol. The van der Waals surface area contributed by atoms with Crippen LogP contribution in [0.15, 0.2) is 47.1 Å². The van der Waals surface area contributed by atoms with Gasteiger partial charge in [0.15, 0.2) is 6.23 Å². The van der Waals surface area contributed by atoms with Gasteiger partial charge in [-0.05, 0) is 30.7 Å². The van der Waals surface area contributed by atoms with Crippen molar-refractivity contribution in [3.63, 3.8) is 0 Å². The number of benzene rings is 1. The Morgan fingerprint density at radius 1 is 1.32 bits per heavy atom. The highest BCUT2D eigenvalue weighted by Gasteiger charge is 2.16. The maximum Gasteiger partial charge on any atom is 0.272 e. The fraction of sp³-hybridized carbons (Fsp3) is 0.143. The zero-order valence-corrected chi connectivity index (χ0v) is 11.9. The molecule has 0 aliphatic rings. The van der Waals surface area contributed by atoms with Crippen LogP contribution in [0.4, 0.5) is 0 Å². The van der Waals surface area contributed by atoms with E-state index in [9.17, 15) is 9.90 Å². The molecule has 0 bridgehead atoms. The summed E-state index contributed by atoms with van der Waals surface area (Å²) < 4.78 is 0.885. The summed E-state index contributed by atoms with van der Waals surface area (Å²) in [6, 6.07) is 10.5. The smallest absolute Gasteiger partial charge is 0.272 e. The summed E-state index contributed by atoms with van der Waals surface area (Å²) in [5.41, 5.74) is 1.81. The van der Waals surface area contributed by atoms with Crippen LogP contribution in [0.2, 0.25) is 0 Å². The molecule has 0 fully saturated rings. The van der Waals surface area contributed by atoms with E-state index in [4.69, 9.17) is 0 Å². The molecule has 0 saturated heterocycles. The Morgan fingerprint density at radius 3 is 2.79 bits per heavy atom. The predicted octanol–water partition coefficient (Wildman–Crippen LogP) is 2.57. The standard InChI is InChI=1S/C14H13BrN2O2/c1-9-10(5-4-6-11(9)15)13(18)17-14(19)12-7-2-3-8-16-12/h2-8,13,18H,1H3,(H,17,19). The molecule has 0 aliphatic heterocycles. The van der Waals surface area contributed by atoms with E-state index >= 15 is 0 Å². The quantitative estimate of drug-likeness (QED) is 0.854. The Hall–Kier alpha value is -1.72. The van der Waals surface area contributed by atoms with Gasteiger partial charge in [-0.1, -0.05) is 34.1 Å². The van der Waals surface area contributed by atoms with Gasteiger partial charge < -0.3 is 10.4 Å².